The molecule has 1 aromatic heterocycles. The fourth-order valence-corrected chi connectivity index (χ4v) is 5.03. The Hall–Kier alpha value is -3.31. The summed E-state index contributed by atoms with van der Waals surface area (Å²) in [7, 11) is -2.28. The van der Waals surface area contributed by atoms with E-state index in [9.17, 15) is 13.2 Å². The third-order valence-corrected chi connectivity index (χ3v) is 6.84. The van der Waals surface area contributed by atoms with Crippen LogP contribution in [-0.4, -0.2) is 58.5 Å². The summed E-state index contributed by atoms with van der Waals surface area (Å²) in [4.78, 5) is 13.0. The molecule has 10 nitrogen and oxygen atoms in total. The maximum absolute atomic E-state index is 13.1. The molecule has 1 aliphatic rings. The summed E-state index contributed by atoms with van der Waals surface area (Å²) in [5.74, 6) is 0.203. The Balaban J connectivity index is 1.49. The second-order valence-corrected chi connectivity index (χ2v) is 8.63. The minimum absolute atomic E-state index is 0.133. The number of hydrogen-bond donors (Lipinski definition) is 1. The van der Waals surface area contributed by atoms with Gasteiger partial charge in [0.2, 0.25) is 15.9 Å². The topological polar surface area (TPSA) is 119 Å². The van der Waals surface area contributed by atoms with Crippen LogP contribution < -0.4 is 10.1 Å². The highest BCUT2D eigenvalue weighted by atomic mass is 32.2. The van der Waals surface area contributed by atoms with Crippen molar-refractivity contribution in [3.63, 3.8) is 0 Å². The highest BCUT2D eigenvalue weighted by Gasteiger charge is 2.39. The molecule has 0 aliphatic carbocycles. The first kappa shape index (κ1) is 20.0. The number of amides is 1. The minimum Gasteiger partial charge on any atom is -0.497 e. The molecule has 2 aromatic carbocycles. The standard InChI is InChI=1S/C19H20N6O4S/c1-29-16-8-10-17(11-9-16)30(27,28)25-12-2-3-18(25)19(26)21-14-4-6-15(7-5-14)24-13-20-22-23-24/h4-11,13,18H,2-3,12H2,1H3,(H,21,26)/t18-/m0/s1. The summed E-state index contributed by atoms with van der Waals surface area (Å²) in [5, 5.41) is 13.8. The number of nitrogens with one attached hydrogen (secondary N) is 1. The summed E-state index contributed by atoms with van der Waals surface area (Å²) in [6.07, 6.45) is 2.55. The Morgan fingerprint density at radius 1 is 1.13 bits per heavy atom. The number of ether oxygens (including phenoxy) is 1. The van der Waals surface area contributed by atoms with Crippen molar-refractivity contribution in [2.24, 2.45) is 0 Å². The van der Waals surface area contributed by atoms with E-state index in [1.165, 1.54) is 34.6 Å². The second kappa shape index (κ2) is 8.20. The van der Waals surface area contributed by atoms with Crippen molar-refractivity contribution in [2.45, 2.75) is 23.8 Å². The van der Waals surface area contributed by atoms with Gasteiger partial charge in [-0.25, -0.2) is 13.1 Å². The number of aromatic nitrogens is 4. The third kappa shape index (κ3) is 3.89. The zero-order valence-corrected chi connectivity index (χ0v) is 17.0. The number of sulfonamides is 1. The van der Waals surface area contributed by atoms with E-state index in [0.29, 0.717) is 30.8 Å². The monoisotopic (exact) mass is 428 g/mol. The summed E-state index contributed by atoms with van der Waals surface area (Å²) < 4.78 is 34.0. The van der Waals surface area contributed by atoms with Gasteiger partial charge in [0.15, 0.2) is 0 Å². The molecule has 3 aromatic rings. The van der Waals surface area contributed by atoms with Crippen LogP contribution in [0.2, 0.25) is 0 Å². The largest absolute Gasteiger partial charge is 0.497 e. The molecule has 2 heterocycles. The van der Waals surface area contributed by atoms with Crippen molar-refractivity contribution in [2.75, 3.05) is 19.0 Å². The van der Waals surface area contributed by atoms with E-state index in [-0.39, 0.29) is 10.8 Å². The van der Waals surface area contributed by atoms with Crippen LogP contribution in [0.1, 0.15) is 12.8 Å². The van der Waals surface area contributed by atoms with Crippen LogP contribution in [0.5, 0.6) is 5.75 Å². The molecule has 0 spiro atoms. The van der Waals surface area contributed by atoms with Gasteiger partial charge < -0.3 is 10.1 Å². The van der Waals surface area contributed by atoms with Gasteiger partial charge in [0.25, 0.3) is 0 Å². The van der Waals surface area contributed by atoms with Gasteiger partial charge >= 0.3 is 0 Å². The lowest BCUT2D eigenvalue weighted by atomic mass is 10.2. The number of benzene rings is 2. The van der Waals surface area contributed by atoms with Crippen molar-refractivity contribution in [1.29, 1.82) is 0 Å². The van der Waals surface area contributed by atoms with Gasteiger partial charge in [-0.05, 0) is 71.8 Å². The van der Waals surface area contributed by atoms with E-state index in [1.54, 1.807) is 36.4 Å². The van der Waals surface area contributed by atoms with Crippen LogP contribution in [0.25, 0.3) is 5.69 Å². The lowest BCUT2D eigenvalue weighted by Crippen LogP contribution is -2.43. The van der Waals surface area contributed by atoms with Crippen LogP contribution in [0.3, 0.4) is 0 Å². The van der Waals surface area contributed by atoms with Gasteiger partial charge in [0.1, 0.15) is 18.1 Å². The molecule has 1 fully saturated rings. The molecule has 1 N–H and O–H groups in total. The molecule has 1 atom stereocenters. The zero-order valence-electron chi connectivity index (χ0n) is 16.2. The molecule has 11 heteroatoms. The molecule has 1 amide bonds. The molecule has 30 heavy (non-hydrogen) atoms. The normalized spacial score (nSPS) is 17.0. The SMILES string of the molecule is COc1ccc(S(=O)(=O)N2CCC[C@H]2C(=O)Nc2ccc(-n3cnnn3)cc2)cc1. The molecule has 156 valence electrons. The Kier molecular flexibility index (Phi) is 5.46. The molecular weight excluding hydrogens is 408 g/mol. The quantitative estimate of drug-likeness (QED) is 0.631. The van der Waals surface area contributed by atoms with E-state index in [4.69, 9.17) is 4.74 Å². The summed E-state index contributed by atoms with van der Waals surface area (Å²) in [5.41, 5.74) is 1.30. The molecule has 4 rings (SSSR count). The average molecular weight is 428 g/mol. The van der Waals surface area contributed by atoms with Crippen LogP contribution in [0.15, 0.2) is 59.8 Å². The lowest BCUT2D eigenvalue weighted by Gasteiger charge is -2.23. The van der Waals surface area contributed by atoms with Gasteiger partial charge in [-0.1, -0.05) is 0 Å². The molecule has 1 saturated heterocycles. The molecule has 0 bridgehead atoms. The van der Waals surface area contributed by atoms with E-state index in [2.05, 4.69) is 20.8 Å². The van der Waals surface area contributed by atoms with Gasteiger partial charge in [0.05, 0.1) is 17.7 Å². The average Bonchev–Trinajstić information content (AvgIpc) is 3.47. The van der Waals surface area contributed by atoms with Crippen molar-refractivity contribution in [3.8, 4) is 11.4 Å². The van der Waals surface area contributed by atoms with Gasteiger partial charge in [-0.15, -0.1) is 5.10 Å². The predicted molar refractivity (Wildman–Crippen MR) is 108 cm³/mol. The van der Waals surface area contributed by atoms with Crippen molar-refractivity contribution >= 4 is 21.6 Å². The maximum Gasteiger partial charge on any atom is 0.243 e. The van der Waals surface area contributed by atoms with Gasteiger partial charge in [-0.3, -0.25) is 4.79 Å². The number of carbonyl (C=O) groups excluding carboxylic acids is 1. The predicted octanol–water partition coefficient (Wildman–Crippen LogP) is 1.46. The first-order valence-corrected chi connectivity index (χ1v) is 10.7. The summed E-state index contributed by atoms with van der Waals surface area (Å²) >= 11 is 0. The van der Waals surface area contributed by atoms with Crippen molar-refractivity contribution in [1.82, 2.24) is 24.5 Å². The number of rotatable bonds is 6. The number of hydrogen-bond acceptors (Lipinski definition) is 7. The number of tetrazole rings is 1. The smallest absolute Gasteiger partial charge is 0.243 e. The van der Waals surface area contributed by atoms with Gasteiger partial charge in [-0.2, -0.15) is 4.31 Å². The lowest BCUT2D eigenvalue weighted by molar-refractivity contribution is -0.119. The van der Waals surface area contributed by atoms with Crippen molar-refractivity contribution in [3.05, 3.63) is 54.9 Å². The Morgan fingerprint density at radius 3 is 2.50 bits per heavy atom. The summed E-state index contributed by atoms with van der Waals surface area (Å²) in [6, 6.07) is 12.3. The number of carbonyl (C=O) groups is 1. The first-order valence-electron chi connectivity index (χ1n) is 9.29. The molecule has 0 radical (unpaired) electrons. The second-order valence-electron chi connectivity index (χ2n) is 6.74. The zero-order chi connectivity index (χ0) is 21.1. The first-order chi connectivity index (χ1) is 14.5. The van der Waals surface area contributed by atoms with Gasteiger partial charge in [0, 0.05) is 12.2 Å². The highest BCUT2D eigenvalue weighted by molar-refractivity contribution is 7.89. The third-order valence-electron chi connectivity index (χ3n) is 4.92. The number of methoxy groups -OCH3 is 1. The fourth-order valence-electron chi connectivity index (χ4n) is 3.38. The minimum atomic E-state index is -3.80. The number of anilines is 1. The maximum atomic E-state index is 13.1. The molecule has 1 aliphatic heterocycles. The Morgan fingerprint density at radius 2 is 1.87 bits per heavy atom. The van der Waals surface area contributed by atoms with Crippen LogP contribution in [0.4, 0.5) is 5.69 Å². The Bertz CT molecular complexity index is 1110. The van der Waals surface area contributed by atoms with E-state index < -0.39 is 16.1 Å². The van der Waals surface area contributed by atoms with Crippen LogP contribution in [-0.2, 0) is 14.8 Å². The van der Waals surface area contributed by atoms with E-state index in [0.717, 1.165) is 5.69 Å². The number of nitrogens with zero attached hydrogens (tertiary/aromatic N) is 5. The van der Waals surface area contributed by atoms with E-state index >= 15 is 0 Å². The van der Waals surface area contributed by atoms with Crippen LogP contribution >= 0.6 is 0 Å². The summed E-state index contributed by atoms with van der Waals surface area (Å²) in [6.45, 7) is 0.296. The molecular formula is C19H20N6O4S. The Labute approximate surface area is 173 Å². The van der Waals surface area contributed by atoms with Crippen LogP contribution in [0, 0.1) is 0 Å². The van der Waals surface area contributed by atoms with E-state index in [1.807, 2.05) is 0 Å². The fraction of sp³-hybridized carbons (Fsp3) is 0.263. The molecule has 0 saturated carbocycles. The van der Waals surface area contributed by atoms with Crippen molar-refractivity contribution < 1.29 is 17.9 Å². The highest BCUT2D eigenvalue weighted by Crippen LogP contribution is 2.28. The molecule has 0 unspecified atom stereocenters.